The quantitative estimate of drug-likeness (QED) is 0.485. The summed E-state index contributed by atoms with van der Waals surface area (Å²) in [5.41, 5.74) is 1.49. The highest BCUT2D eigenvalue weighted by atomic mass is 14.1. The zero-order chi connectivity index (χ0) is 12.3. The monoisotopic (exact) mass is 232 g/mol. The fraction of sp³-hybridized carbons (Fsp3) is 0.647. The predicted octanol–water partition coefficient (Wildman–Crippen LogP) is 5.62. The fourth-order valence-electron chi connectivity index (χ4n) is 2.39. The summed E-state index contributed by atoms with van der Waals surface area (Å²) in [7, 11) is 0. The highest BCUT2D eigenvalue weighted by Crippen LogP contribution is 2.16. The van der Waals surface area contributed by atoms with E-state index < -0.39 is 0 Å². The molecule has 0 bridgehead atoms. The van der Waals surface area contributed by atoms with Gasteiger partial charge in [-0.15, -0.1) is 0 Å². The second-order valence-corrected chi connectivity index (χ2v) is 5.35. The molecular formula is C17H28. The summed E-state index contributed by atoms with van der Waals surface area (Å²) in [4.78, 5) is 0. The molecule has 1 atom stereocenters. The van der Waals surface area contributed by atoms with Gasteiger partial charge >= 0.3 is 0 Å². The summed E-state index contributed by atoms with van der Waals surface area (Å²) in [6.45, 7) is 4.67. The lowest BCUT2D eigenvalue weighted by Gasteiger charge is -2.11. The van der Waals surface area contributed by atoms with Gasteiger partial charge < -0.3 is 0 Å². The molecule has 0 aliphatic rings. The van der Waals surface area contributed by atoms with E-state index in [2.05, 4.69) is 44.2 Å². The Bertz CT molecular complexity index is 263. The molecule has 1 aromatic carbocycles. The average molecular weight is 232 g/mol. The van der Waals surface area contributed by atoms with Crippen LogP contribution in [0.4, 0.5) is 0 Å². The van der Waals surface area contributed by atoms with Crippen LogP contribution in [0.3, 0.4) is 0 Å². The van der Waals surface area contributed by atoms with Crippen molar-refractivity contribution in [3.63, 3.8) is 0 Å². The zero-order valence-electron chi connectivity index (χ0n) is 11.6. The Kier molecular flexibility index (Phi) is 7.79. The average Bonchev–Trinajstić information content (AvgIpc) is 2.35. The van der Waals surface area contributed by atoms with Gasteiger partial charge in [0.25, 0.3) is 0 Å². The first-order valence-electron chi connectivity index (χ1n) is 7.37. The van der Waals surface area contributed by atoms with E-state index in [1.54, 1.807) is 0 Å². The molecule has 0 heteroatoms. The van der Waals surface area contributed by atoms with E-state index in [0.717, 1.165) is 5.92 Å². The van der Waals surface area contributed by atoms with E-state index >= 15 is 0 Å². The van der Waals surface area contributed by atoms with Gasteiger partial charge in [0, 0.05) is 0 Å². The van der Waals surface area contributed by atoms with Crippen molar-refractivity contribution in [3.8, 4) is 0 Å². The number of benzene rings is 1. The van der Waals surface area contributed by atoms with Gasteiger partial charge in [0.2, 0.25) is 0 Å². The second kappa shape index (κ2) is 9.27. The third-order valence-electron chi connectivity index (χ3n) is 3.48. The Morgan fingerprint density at radius 3 is 2.24 bits per heavy atom. The Hall–Kier alpha value is -0.780. The molecule has 1 rings (SSSR count). The normalized spacial score (nSPS) is 12.6. The molecule has 0 nitrogen and oxygen atoms in total. The van der Waals surface area contributed by atoms with Gasteiger partial charge in [-0.3, -0.25) is 0 Å². The molecule has 0 radical (unpaired) electrons. The van der Waals surface area contributed by atoms with Gasteiger partial charge in [-0.1, -0.05) is 89.1 Å². The van der Waals surface area contributed by atoms with E-state index in [0.29, 0.717) is 0 Å². The molecule has 0 aliphatic heterocycles. The minimum Gasteiger partial charge on any atom is -0.0654 e. The van der Waals surface area contributed by atoms with Crippen LogP contribution in [-0.2, 0) is 6.42 Å². The molecule has 0 fully saturated rings. The summed E-state index contributed by atoms with van der Waals surface area (Å²) >= 11 is 0. The number of rotatable bonds is 9. The fourth-order valence-corrected chi connectivity index (χ4v) is 2.39. The van der Waals surface area contributed by atoms with Crippen molar-refractivity contribution in [3.05, 3.63) is 35.9 Å². The van der Waals surface area contributed by atoms with Crippen LogP contribution >= 0.6 is 0 Å². The molecule has 0 spiro atoms. The van der Waals surface area contributed by atoms with Crippen LogP contribution in [0.5, 0.6) is 0 Å². The molecule has 1 aromatic rings. The van der Waals surface area contributed by atoms with Gasteiger partial charge in [0.1, 0.15) is 0 Å². The van der Waals surface area contributed by atoms with Crippen molar-refractivity contribution in [1.82, 2.24) is 0 Å². The lowest BCUT2D eigenvalue weighted by Crippen LogP contribution is -1.99. The van der Waals surface area contributed by atoms with Crippen LogP contribution in [0.25, 0.3) is 0 Å². The smallest absolute Gasteiger partial charge is 0.0253 e. The molecule has 0 aromatic heterocycles. The molecule has 0 N–H and O–H groups in total. The summed E-state index contributed by atoms with van der Waals surface area (Å²) in [5.74, 6) is 0.837. The van der Waals surface area contributed by atoms with Crippen molar-refractivity contribution in [2.24, 2.45) is 5.92 Å². The third kappa shape index (κ3) is 7.20. The summed E-state index contributed by atoms with van der Waals surface area (Å²) in [6, 6.07) is 10.9. The van der Waals surface area contributed by atoms with Gasteiger partial charge in [0.05, 0.1) is 0 Å². The zero-order valence-corrected chi connectivity index (χ0v) is 11.6. The first-order valence-corrected chi connectivity index (χ1v) is 7.37. The van der Waals surface area contributed by atoms with Crippen LogP contribution in [0.2, 0.25) is 0 Å². The largest absolute Gasteiger partial charge is 0.0654 e. The van der Waals surface area contributed by atoms with Crippen LogP contribution in [0.15, 0.2) is 30.3 Å². The van der Waals surface area contributed by atoms with Gasteiger partial charge in [-0.2, -0.15) is 0 Å². The van der Waals surface area contributed by atoms with Gasteiger partial charge in [-0.05, 0) is 17.9 Å². The maximum atomic E-state index is 2.39. The van der Waals surface area contributed by atoms with Crippen molar-refractivity contribution in [1.29, 1.82) is 0 Å². The van der Waals surface area contributed by atoms with Gasteiger partial charge in [0.15, 0.2) is 0 Å². The minimum atomic E-state index is 0.837. The standard InChI is InChI=1S/C17H28/c1-3-4-5-6-7-9-12-16(2)15-17-13-10-8-11-14-17/h8,10-11,13-14,16H,3-7,9,12,15H2,1-2H3. The SMILES string of the molecule is CCCCCCCCC(C)Cc1ccccc1. The van der Waals surface area contributed by atoms with E-state index in [1.165, 1.54) is 56.9 Å². The molecule has 0 saturated carbocycles. The molecule has 0 saturated heterocycles. The maximum absolute atomic E-state index is 2.39. The molecule has 0 amide bonds. The number of unbranched alkanes of at least 4 members (excludes halogenated alkanes) is 5. The van der Waals surface area contributed by atoms with Crippen molar-refractivity contribution >= 4 is 0 Å². The number of hydrogen-bond acceptors (Lipinski definition) is 0. The van der Waals surface area contributed by atoms with Gasteiger partial charge in [-0.25, -0.2) is 0 Å². The second-order valence-electron chi connectivity index (χ2n) is 5.35. The molecule has 0 aliphatic carbocycles. The van der Waals surface area contributed by atoms with Crippen LogP contribution in [-0.4, -0.2) is 0 Å². The van der Waals surface area contributed by atoms with Crippen LogP contribution in [0.1, 0.15) is 64.4 Å². The highest BCUT2D eigenvalue weighted by Gasteiger charge is 2.03. The number of hydrogen-bond donors (Lipinski definition) is 0. The van der Waals surface area contributed by atoms with Crippen molar-refractivity contribution in [2.45, 2.75) is 65.2 Å². The predicted molar refractivity (Wildman–Crippen MR) is 77.3 cm³/mol. The minimum absolute atomic E-state index is 0.837. The first-order chi connectivity index (χ1) is 8.33. The Balaban J connectivity index is 2.03. The van der Waals surface area contributed by atoms with E-state index in [-0.39, 0.29) is 0 Å². The Morgan fingerprint density at radius 2 is 1.53 bits per heavy atom. The summed E-state index contributed by atoms with van der Waals surface area (Å²) < 4.78 is 0. The van der Waals surface area contributed by atoms with Crippen LogP contribution < -0.4 is 0 Å². The Morgan fingerprint density at radius 1 is 0.882 bits per heavy atom. The topological polar surface area (TPSA) is 0 Å². The lowest BCUT2D eigenvalue weighted by atomic mass is 9.95. The highest BCUT2D eigenvalue weighted by molar-refractivity contribution is 5.14. The molecule has 17 heavy (non-hydrogen) atoms. The van der Waals surface area contributed by atoms with Crippen LogP contribution in [0, 0.1) is 5.92 Å². The third-order valence-corrected chi connectivity index (χ3v) is 3.48. The summed E-state index contributed by atoms with van der Waals surface area (Å²) in [5, 5.41) is 0. The molecule has 96 valence electrons. The van der Waals surface area contributed by atoms with E-state index in [9.17, 15) is 0 Å². The Labute approximate surface area is 107 Å². The maximum Gasteiger partial charge on any atom is -0.0253 e. The lowest BCUT2D eigenvalue weighted by molar-refractivity contribution is 0.481. The van der Waals surface area contributed by atoms with Crippen molar-refractivity contribution in [2.75, 3.05) is 0 Å². The molecule has 0 heterocycles. The first kappa shape index (κ1) is 14.3. The van der Waals surface area contributed by atoms with E-state index in [4.69, 9.17) is 0 Å². The molecule has 1 unspecified atom stereocenters. The summed E-state index contributed by atoms with van der Waals surface area (Å²) in [6.07, 6.45) is 11.1. The van der Waals surface area contributed by atoms with Crippen molar-refractivity contribution < 1.29 is 0 Å². The molecular weight excluding hydrogens is 204 g/mol. The van der Waals surface area contributed by atoms with E-state index in [1.807, 2.05) is 0 Å².